The maximum absolute atomic E-state index is 13.5. The second-order valence-electron chi connectivity index (χ2n) is 11.0. The summed E-state index contributed by atoms with van der Waals surface area (Å²) in [6, 6.07) is 10.0. The van der Waals surface area contributed by atoms with Gasteiger partial charge in [0.2, 0.25) is 17.7 Å². The average Bonchev–Trinajstić information content (AvgIpc) is 3.45. The number of nitrogens with zero attached hydrogens (tertiary/aromatic N) is 3. The molecular formula is C28H39N3O4. The molecule has 2 aliphatic heterocycles. The van der Waals surface area contributed by atoms with Gasteiger partial charge in [0.1, 0.15) is 0 Å². The number of ether oxygens (including phenoxy) is 1. The summed E-state index contributed by atoms with van der Waals surface area (Å²) in [6.45, 7) is 3.64. The smallest absolute Gasteiger partial charge is 0.242 e. The summed E-state index contributed by atoms with van der Waals surface area (Å²) in [7, 11) is 0. The van der Waals surface area contributed by atoms with Gasteiger partial charge in [-0.2, -0.15) is 0 Å². The minimum absolute atomic E-state index is 0.00439. The third-order valence-corrected chi connectivity index (χ3v) is 8.53. The molecule has 0 aromatic heterocycles. The molecule has 4 aliphatic rings. The number of benzene rings is 1. The van der Waals surface area contributed by atoms with Crippen LogP contribution in [0, 0.1) is 11.3 Å². The Labute approximate surface area is 208 Å². The Balaban J connectivity index is 1.23. The van der Waals surface area contributed by atoms with Gasteiger partial charge in [-0.05, 0) is 43.1 Å². The number of hydrogen-bond acceptors (Lipinski definition) is 4. The van der Waals surface area contributed by atoms with Crippen molar-refractivity contribution in [3.63, 3.8) is 0 Å². The number of likely N-dealkylation sites (tertiary alicyclic amines) is 1. The fourth-order valence-corrected chi connectivity index (χ4v) is 6.38. The zero-order valence-corrected chi connectivity index (χ0v) is 20.8. The molecule has 2 saturated heterocycles. The van der Waals surface area contributed by atoms with Crippen molar-refractivity contribution in [3.05, 3.63) is 35.9 Å². The molecule has 0 radical (unpaired) electrons. The summed E-state index contributed by atoms with van der Waals surface area (Å²) in [5, 5.41) is 0. The second-order valence-corrected chi connectivity index (χ2v) is 11.0. The zero-order valence-electron chi connectivity index (χ0n) is 20.8. The van der Waals surface area contributed by atoms with Gasteiger partial charge in [-0.15, -0.1) is 0 Å². The van der Waals surface area contributed by atoms with E-state index in [1.165, 1.54) is 19.3 Å². The minimum Gasteiger partial charge on any atom is -0.370 e. The van der Waals surface area contributed by atoms with Gasteiger partial charge >= 0.3 is 0 Å². The molecule has 2 saturated carbocycles. The van der Waals surface area contributed by atoms with Crippen molar-refractivity contribution in [3.8, 4) is 0 Å². The summed E-state index contributed by atoms with van der Waals surface area (Å²) < 4.78 is 6.29. The van der Waals surface area contributed by atoms with Crippen LogP contribution in [-0.4, -0.2) is 77.8 Å². The van der Waals surface area contributed by atoms with Crippen LogP contribution in [0.5, 0.6) is 0 Å². The molecule has 5 rings (SSSR count). The molecule has 1 aromatic carbocycles. The standard InChI is InChI=1S/C28H39N3O4/c32-25-11-7-14-29(25)15-8-16-30-18-23(35-21-22-9-3-1-4-10-22)19-31(20-26(30)33)27(34)24-17-28(24)12-5-2-6-13-28/h1,3-4,9-10,23-24H,2,5-8,11-21H2/t23-,24+/m0/s1. The Hall–Kier alpha value is -2.41. The summed E-state index contributed by atoms with van der Waals surface area (Å²) in [5.74, 6) is 0.445. The first-order valence-corrected chi connectivity index (χ1v) is 13.5. The first-order chi connectivity index (χ1) is 17.0. The maximum atomic E-state index is 13.5. The molecule has 1 aromatic rings. The number of amides is 3. The van der Waals surface area contributed by atoms with Crippen LogP contribution in [-0.2, 0) is 25.7 Å². The number of carbonyl (C=O) groups excluding carboxylic acids is 3. The van der Waals surface area contributed by atoms with Gasteiger partial charge < -0.3 is 19.4 Å². The SMILES string of the molecule is O=C1CCCN1CCCN1C[C@H](OCc2ccccc2)CN(C(=O)[C@H]2CC23CCCCC3)CC1=O. The van der Waals surface area contributed by atoms with E-state index >= 15 is 0 Å². The molecule has 2 heterocycles. The predicted molar refractivity (Wildman–Crippen MR) is 132 cm³/mol. The Morgan fingerprint density at radius 3 is 2.46 bits per heavy atom. The van der Waals surface area contributed by atoms with Gasteiger partial charge in [-0.1, -0.05) is 49.6 Å². The van der Waals surface area contributed by atoms with Gasteiger partial charge in [0, 0.05) is 45.1 Å². The lowest BCUT2D eigenvalue weighted by Gasteiger charge is -2.27. The summed E-state index contributed by atoms with van der Waals surface area (Å²) in [4.78, 5) is 44.3. The lowest BCUT2D eigenvalue weighted by Crippen LogP contribution is -2.41. The van der Waals surface area contributed by atoms with Gasteiger partial charge in [0.05, 0.1) is 19.3 Å². The number of rotatable bonds is 8. The predicted octanol–water partition coefficient (Wildman–Crippen LogP) is 3.23. The van der Waals surface area contributed by atoms with E-state index in [0.29, 0.717) is 39.2 Å². The number of carbonyl (C=O) groups is 3. The van der Waals surface area contributed by atoms with Crippen LogP contribution in [0.2, 0.25) is 0 Å². The molecule has 190 valence electrons. The summed E-state index contributed by atoms with van der Waals surface area (Å²) >= 11 is 0. The molecule has 1 spiro atoms. The topological polar surface area (TPSA) is 70.2 Å². The van der Waals surface area contributed by atoms with E-state index in [1.54, 1.807) is 4.90 Å². The highest BCUT2D eigenvalue weighted by molar-refractivity contribution is 5.88. The van der Waals surface area contributed by atoms with Crippen molar-refractivity contribution >= 4 is 17.7 Å². The lowest BCUT2D eigenvalue weighted by atomic mass is 9.84. The van der Waals surface area contributed by atoms with E-state index in [-0.39, 0.29) is 41.7 Å². The summed E-state index contributed by atoms with van der Waals surface area (Å²) in [6.07, 6.45) is 9.10. The Morgan fingerprint density at radius 2 is 1.71 bits per heavy atom. The van der Waals surface area contributed by atoms with Crippen molar-refractivity contribution in [2.24, 2.45) is 11.3 Å². The Morgan fingerprint density at radius 1 is 0.943 bits per heavy atom. The van der Waals surface area contributed by atoms with E-state index in [4.69, 9.17) is 4.74 Å². The molecule has 3 amide bonds. The fraction of sp³-hybridized carbons (Fsp3) is 0.679. The largest absolute Gasteiger partial charge is 0.370 e. The highest BCUT2D eigenvalue weighted by atomic mass is 16.5. The van der Waals surface area contributed by atoms with Gasteiger partial charge in [0.25, 0.3) is 0 Å². The molecule has 0 N–H and O–H groups in total. The highest BCUT2D eigenvalue weighted by Crippen LogP contribution is 2.62. The van der Waals surface area contributed by atoms with E-state index < -0.39 is 0 Å². The molecule has 4 fully saturated rings. The molecular weight excluding hydrogens is 442 g/mol. The van der Waals surface area contributed by atoms with Gasteiger partial charge in [-0.25, -0.2) is 0 Å². The van der Waals surface area contributed by atoms with Crippen LogP contribution in [0.25, 0.3) is 0 Å². The van der Waals surface area contributed by atoms with E-state index in [9.17, 15) is 14.4 Å². The molecule has 7 nitrogen and oxygen atoms in total. The third-order valence-electron chi connectivity index (χ3n) is 8.53. The van der Waals surface area contributed by atoms with Crippen LogP contribution in [0.3, 0.4) is 0 Å². The van der Waals surface area contributed by atoms with Crippen molar-refractivity contribution < 1.29 is 19.1 Å². The Bertz CT molecular complexity index is 914. The maximum Gasteiger partial charge on any atom is 0.242 e. The normalized spacial score (nSPS) is 26.3. The quantitative estimate of drug-likeness (QED) is 0.572. The highest BCUT2D eigenvalue weighted by Gasteiger charge is 2.58. The number of hydrogen-bond donors (Lipinski definition) is 0. The van der Waals surface area contributed by atoms with Crippen LogP contribution < -0.4 is 0 Å². The molecule has 2 aliphatic carbocycles. The molecule has 2 atom stereocenters. The van der Waals surface area contributed by atoms with Crippen LogP contribution in [0.1, 0.15) is 63.4 Å². The molecule has 0 bridgehead atoms. The monoisotopic (exact) mass is 481 g/mol. The first kappa shape index (κ1) is 24.3. The van der Waals surface area contributed by atoms with Gasteiger partial charge in [-0.3, -0.25) is 14.4 Å². The van der Waals surface area contributed by atoms with E-state index in [1.807, 2.05) is 40.1 Å². The summed E-state index contributed by atoms with van der Waals surface area (Å²) in [5.41, 5.74) is 1.29. The van der Waals surface area contributed by atoms with Crippen LogP contribution in [0.4, 0.5) is 0 Å². The average molecular weight is 482 g/mol. The Kier molecular flexibility index (Phi) is 7.42. The van der Waals surface area contributed by atoms with E-state index in [2.05, 4.69) is 0 Å². The minimum atomic E-state index is -0.222. The second kappa shape index (κ2) is 10.7. The third kappa shape index (κ3) is 5.71. The van der Waals surface area contributed by atoms with Crippen molar-refractivity contribution in [1.29, 1.82) is 0 Å². The molecule has 0 unspecified atom stereocenters. The molecule has 7 heteroatoms. The van der Waals surface area contributed by atoms with Crippen molar-refractivity contribution in [1.82, 2.24) is 14.7 Å². The van der Waals surface area contributed by atoms with Crippen LogP contribution >= 0.6 is 0 Å². The first-order valence-electron chi connectivity index (χ1n) is 13.5. The van der Waals surface area contributed by atoms with Crippen LogP contribution in [0.15, 0.2) is 30.3 Å². The zero-order chi connectivity index (χ0) is 24.3. The van der Waals surface area contributed by atoms with Crippen molar-refractivity contribution in [2.45, 2.75) is 70.5 Å². The fourth-order valence-electron chi connectivity index (χ4n) is 6.38. The van der Waals surface area contributed by atoms with E-state index in [0.717, 1.165) is 44.2 Å². The lowest BCUT2D eigenvalue weighted by molar-refractivity contribution is -0.140. The van der Waals surface area contributed by atoms with Crippen molar-refractivity contribution in [2.75, 3.05) is 39.3 Å². The molecule has 35 heavy (non-hydrogen) atoms. The van der Waals surface area contributed by atoms with Gasteiger partial charge in [0.15, 0.2) is 0 Å².